The molecule has 186 valence electrons. The third-order valence-electron chi connectivity index (χ3n) is 7.69. The van der Waals surface area contributed by atoms with Gasteiger partial charge in [-0.3, -0.25) is 19.5 Å². The summed E-state index contributed by atoms with van der Waals surface area (Å²) >= 11 is 0. The maximum Gasteiger partial charge on any atom is 0.159 e. The first-order chi connectivity index (χ1) is 17.1. The number of hydrogen-bond donors (Lipinski definition) is 0. The second kappa shape index (κ2) is 13.0. The first-order valence-corrected chi connectivity index (χ1v) is 13.4. The number of carbonyl (C=O) groups is 1. The summed E-state index contributed by atoms with van der Waals surface area (Å²) < 4.78 is 0. The monoisotopic (exact) mass is 472 g/mol. The number of carbonyl (C=O) groups excluding carboxylic acids is 1. The van der Waals surface area contributed by atoms with Gasteiger partial charge in [-0.05, 0) is 49.1 Å². The second-order valence-corrected chi connectivity index (χ2v) is 10.3. The summed E-state index contributed by atoms with van der Waals surface area (Å²) in [7, 11) is 0. The number of hydrogen-bond acceptors (Lipinski definition) is 5. The molecule has 2 aromatic carbocycles. The topological polar surface area (TPSA) is 50.6 Å². The number of ketones is 1. The Bertz CT molecular complexity index is 997. The van der Waals surface area contributed by atoms with Crippen LogP contribution in [0.4, 0.5) is 0 Å². The molecule has 2 aliphatic rings. The van der Waals surface area contributed by atoms with Crippen molar-refractivity contribution in [1.29, 1.82) is 5.26 Å². The van der Waals surface area contributed by atoms with E-state index in [9.17, 15) is 10.1 Å². The lowest BCUT2D eigenvalue weighted by Gasteiger charge is -2.37. The molecule has 1 aliphatic heterocycles. The van der Waals surface area contributed by atoms with E-state index in [1.165, 1.54) is 49.7 Å². The van der Waals surface area contributed by atoms with Gasteiger partial charge in [0.05, 0.1) is 11.6 Å². The van der Waals surface area contributed by atoms with Gasteiger partial charge < -0.3 is 0 Å². The molecule has 2 fully saturated rings. The SMILES string of the molecule is CC(=O)c1cccc(CN2CCN(CCN(Cc3cccc(C#N)c3)C3CCCCCC3)CC2)c1. The summed E-state index contributed by atoms with van der Waals surface area (Å²) in [5.74, 6) is 0.134. The fourth-order valence-corrected chi connectivity index (χ4v) is 5.58. The van der Waals surface area contributed by atoms with Crippen LogP contribution in [-0.4, -0.2) is 65.8 Å². The third kappa shape index (κ3) is 7.73. The Kier molecular flexibility index (Phi) is 9.48. The fourth-order valence-electron chi connectivity index (χ4n) is 5.58. The molecule has 1 heterocycles. The van der Waals surface area contributed by atoms with Gasteiger partial charge in [0, 0.05) is 64.0 Å². The van der Waals surface area contributed by atoms with Crippen LogP contribution in [0.15, 0.2) is 48.5 Å². The number of rotatable bonds is 9. The van der Waals surface area contributed by atoms with E-state index >= 15 is 0 Å². The van der Waals surface area contributed by atoms with Crippen LogP contribution in [-0.2, 0) is 13.1 Å². The van der Waals surface area contributed by atoms with Crippen molar-refractivity contribution in [1.82, 2.24) is 14.7 Å². The maximum atomic E-state index is 11.7. The van der Waals surface area contributed by atoms with Crippen LogP contribution in [0.2, 0.25) is 0 Å². The molecule has 0 spiro atoms. The van der Waals surface area contributed by atoms with Gasteiger partial charge >= 0.3 is 0 Å². The van der Waals surface area contributed by atoms with E-state index in [1.54, 1.807) is 6.92 Å². The molecule has 5 heteroatoms. The van der Waals surface area contributed by atoms with Crippen molar-refractivity contribution in [3.05, 3.63) is 70.8 Å². The number of nitrogens with zero attached hydrogens (tertiary/aromatic N) is 4. The van der Waals surface area contributed by atoms with Crippen molar-refractivity contribution in [3.8, 4) is 6.07 Å². The van der Waals surface area contributed by atoms with Crippen LogP contribution >= 0.6 is 0 Å². The zero-order valence-electron chi connectivity index (χ0n) is 21.3. The van der Waals surface area contributed by atoms with Crippen molar-refractivity contribution in [3.63, 3.8) is 0 Å². The van der Waals surface area contributed by atoms with E-state index in [-0.39, 0.29) is 5.78 Å². The van der Waals surface area contributed by atoms with Crippen LogP contribution in [0.25, 0.3) is 0 Å². The molecule has 0 atom stereocenters. The summed E-state index contributed by atoms with van der Waals surface area (Å²) in [6.45, 7) is 9.99. The third-order valence-corrected chi connectivity index (χ3v) is 7.69. The van der Waals surface area contributed by atoms with Gasteiger partial charge in [-0.2, -0.15) is 5.26 Å². The zero-order chi connectivity index (χ0) is 24.5. The smallest absolute Gasteiger partial charge is 0.159 e. The van der Waals surface area contributed by atoms with Gasteiger partial charge in [0.25, 0.3) is 0 Å². The van der Waals surface area contributed by atoms with Gasteiger partial charge in [-0.25, -0.2) is 0 Å². The molecule has 0 unspecified atom stereocenters. The molecular formula is C30H40N4O. The normalized spacial score (nSPS) is 18.3. The molecular weight excluding hydrogens is 432 g/mol. The summed E-state index contributed by atoms with van der Waals surface area (Å²) in [5, 5.41) is 9.32. The molecule has 0 aromatic heterocycles. The minimum absolute atomic E-state index is 0.134. The van der Waals surface area contributed by atoms with Gasteiger partial charge in [0.1, 0.15) is 0 Å². The minimum atomic E-state index is 0.134. The Labute approximate surface area is 211 Å². The number of nitriles is 1. The number of piperazine rings is 1. The number of benzene rings is 2. The van der Waals surface area contributed by atoms with Crippen molar-refractivity contribution < 1.29 is 4.79 Å². The highest BCUT2D eigenvalue weighted by Gasteiger charge is 2.23. The van der Waals surface area contributed by atoms with Crippen molar-refractivity contribution >= 4 is 5.78 Å². The highest BCUT2D eigenvalue weighted by atomic mass is 16.1. The molecule has 4 rings (SSSR count). The largest absolute Gasteiger partial charge is 0.300 e. The molecule has 2 aromatic rings. The number of Topliss-reactive ketones (excluding diaryl/α,β-unsaturated/α-hetero) is 1. The molecule has 1 saturated heterocycles. The van der Waals surface area contributed by atoms with Gasteiger partial charge in [0.2, 0.25) is 0 Å². The Morgan fingerprint density at radius 3 is 2.34 bits per heavy atom. The van der Waals surface area contributed by atoms with Crippen LogP contribution < -0.4 is 0 Å². The first-order valence-electron chi connectivity index (χ1n) is 13.4. The van der Waals surface area contributed by atoms with Crippen LogP contribution in [0.3, 0.4) is 0 Å². The summed E-state index contributed by atoms with van der Waals surface area (Å²) in [6, 6.07) is 19.2. The molecule has 5 nitrogen and oxygen atoms in total. The second-order valence-electron chi connectivity index (χ2n) is 10.3. The van der Waals surface area contributed by atoms with E-state index < -0.39 is 0 Å². The maximum absolute atomic E-state index is 11.7. The lowest BCUT2D eigenvalue weighted by atomic mass is 10.0. The average molecular weight is 473 g/mol. The molecule has 0 bridgehead atoms. The van der Waals surface area contributed by atoms with Crippen molar-refractivity contribution in [2.24, 2.45) is 0 Å². The quantitative estimate of drug-likeness (QED) is 0.375. The van der Waals surface area contributed by atoms with Crippen LogP contribution in [0.1, 0.15) is 72.5 Å². The highest BCUT2D eigenvalue weighted by molar-refractivity contribution is 5.94. The molecule has 1 saturated carbocycles. The first kappa shape index (κ1) is 25.6. The molecule has 0 radical (unpaired) electrons. The van der Waals surface area contributed by atoms with E-state index in [0.717, 1.165) is 63.5 Å². The molecule has 1 aliphatic carbocycles. The van der Waals surface area contributed by atoms with E-state index in [4.69, 9.17) is 0 Å². The minimum Gasteiger partial charge on any atom is -0.300 e. The standard InChI is InChI=1S/C30H40N4O/c1-25(35)29-11-7-10-28(21-29)23-33-16-14-32(15-17-33)18-19-34(30-12-4-2-3-5-13-30)24-27-9-6-8-26(20-27)22-31/h6-11,20-21,30H,2-5,12-19,23-24H2,1H3. The average Bonchev–Trinajstić information content (AvgIpc) is 3.17. The Morgan fingerprint density at radius 1 is 0.943 bits per heavy atom. The summed E-state index contributed by atoms with van der Waals surface area (Å²) in [6.07, 6.45) is 8.00. The summed E-state index contributed by atoms with van der Waals surface area (Å²) in [4.78, 5) is 19.5. The van der Waals surface area contributed by atoms with Gasteiger partial charge in [-0.1, -0.05) is 56.0 Å². The predicted molar refractivity (Wildman–Crippen MR) is 141 cm³/mol. The highest BCUT2D eigenvalue weighted by Crippen LogP contribution is 2.24. The van der Waals surface area contributed by atoms with E-state index in [0.29, 0.717) is 6.04 Å². The lowest BCUT2D eigenvalue weighted by Crippen LogP contribution is -2.49. The molecule has 35 heavy (non-hydrogen) atoms. The summed E-state index contributed by atoms with van der Waals surface area (Å²) in [5.41, 5.74) is 4.05. The lowest BCUT2D eigenvalue weighted by molar-refractivity contribution is 0.0970. The van der Waals surface area contributed by atoms with Gasteiger partial charge in [0.15, 0.2) is 5.78 Å². The fraction of sp³-hybridized carbons (Fsp3) is 0.533. The predicted octanol–water partition coefficient (Wildman–Crippen LogP) is 5.10. The zero-order valence-corrected chi connectivity index (χ0v) is 21.3. The van der Waals surface area contributed by atoms with Crippen molar-refractivity contribution in [2.45, 2.75) is 64.6 Å². The van der Waals surface area contributed by atoms with E-state index in [2.05, 4.69) is 39.0 Å². The van der Waals surface area contributed by atoms with Crippen LogP contribution in [0.5, 0.6) is 0 Å². The Hall–Kier alpha value is -2.52. The molecule has 0 amide bonds. The van der Waals surface area contributed by atoms with E-state index in [1.807, 2.05) is 30.3 Å². The van der Waals surface area contributed by atoms with Crippen LogP contribution in [0, 0.1) is 11.3 Å². The Morgan fingerprint density at radius 2 is 1.63 bits per heavy atom. The van der Waals surface area contributed by atoms with Crippen molar-refractivity contribution in [2.75, 3.05) is 39.3 Å². The Balaban J connectivity index is 1.31. The molecule has 0 N–H and O–H groups in total. The van der Waals surface area contributed by atoms with Gasteiger partial charge in [-0.15, -0.1) is 0 Å².